The number of nitrogens with zero attached hydrogens (tertiary/aromatic N) is 3. The Hall–Kier alpha value is -1.66. The van der Waals surface area contributed by atoms with E-state index in [9.17, 15) is 4.79 Å². The van der Waals surface area contributed by atoms with Crippen molar-refractivity contribution in [3.8, 4) is 5.75 Å². The lowest BCUT2D eigenvalue weighted by molar-refractivity contribution is -0.125. The molecule has 2 heterocycles. The summed E-state index contributed by atoms with van der Waals surface area (Å²) in [4.78, 5) is 13.9. The van der Waals surface area contributed by atoms with Crippen molar-refractivity contribution < 1.29 is 9.53 Å². The van der Waals surface area contributed by atoms with E-state index < -0.39 is 6.10 Å². The molecule has 0 aliphatic carbocycles. The molecule has 1 aromatic carbocycles. The minimum Gasteiger partial charge on any atom is -0.479 e. The highest BCUT2D eigenvalue weighted by molar-refractivity contribution is 7.15. The number of benzene rings is 1. The van der Waals surface area contributed by atoms with Crippen molar-refractivity contribution in [3.05, 3.63) is 33.7 Å². The Bertz CT molecular complexity index is 631. The SMILES string of the molecule is CC1Oc2ccccc2N(Cc2nnc(Cl)s2)C1=O. The van der Waals surface area contributed by atoms with Gasteiger partial charge in [0.15, 0.2) is 6.10 Å². The van der Waals surface area contributed by atoms with Crippen LogP contribution >= 0.6 is 22.9 Å². The van der Waals surface area contributed by atoms with Gasteiger partial charge >= 0.3 is 0 Å². The number of hydrogen-bond donors (Lipinski definition) is 0. The summed E-state index contributed by atoms with van der Waals surface area (Å²) in [6, 6.07) is 7.44. The van der Waals surface area contributed by atoms with E-state index in [0.717, 1.165) is 5.69 Å². The molecule has 0 radical (unpaired) electrons. The Morgan fingerprint density at radius 3 is 2.95 bits per heavy atom. The van der Waals surface area contributed by atoms with Crippen LogP contribution in [-0.2, 0) is 11.3 Å². The van der Waals surface area contributed by atoms with Crippen LogP contribution in [0.1, 0.15) is 11.9 Å². The average molecular weight is 296 g/mol. The molecule has 98 valence electrons. The number of carbonyl (C=O) groups is 1. The molecule has 0 spiro atoms. The smallest absolute Gasteiger partial charge is 0.268 e. The minimum atomic E-state index is -0.502. The third-order valence-corrected chi connectivity index (χ3v) is 3.81. The van der Waals surface area contributed by atoms with Gasteiger partial charge in [0.2, 0.25) is 4.47 Å². The third kappa shape index (κ3) is 2.29. The van der Waals surface area contributed by atoms with Gasteiger partial charge in [-0.2, -0.15) is 0 Å². The van der Waals surface area contributed by atoms with Crippen LogP contribution in [0.3, 0.4) is 0 Å². The monoisotopic (exact) mass is 295 g/mol. The third-order valence-electron chi connectivity index (χ3n) is 2.81. The van der Waals surface area contributed by atoms with Gasteiger partial charge in [-0.3, -0.25) is 9.69 Å². The standard InChI is InChI=1S/C12H10ClN3O2S/c1-7-11(17)16(6-10-14-15-12(13)19-10)8-4-2-3-5-9(8)18-7/h2-5,7H,6H2,1H3. The van der Waals surface area contributed by atoms with Gasteiger partial charge in [0, 0.05) is 0 Å². The number of amides is 1. The van der Waals surface area contributed by atoms with Gasteiger partial charge in [-0.15, -0.1) is 10.2 Å². The number of carbonyl (C=O) groups excluding carboxylic acids is 1. The van der Waals surface area contributed by atoms with Gasteiger partial charge in [0.25, 0.3) is 5.91 Å². The first-order valence-electron chi connectivity index (χ1n) is 5.70. The average Bonchev–Trinajstić information content (AvgIpc) is 2.80. The summed E-state index contributed by atoms with van der Waals surface area (Å²) in [5.41, 5.74) is 0.747. The zero-order valence-electron chi connectivity index (χ0n) is 10.0. The fourth-order valence-corrected chi connectivity index (χ4v) is 2.81. The van der Waals surface area contributed by atoms with Gasteiger partial charge in [-0.05, 0) is 30.7 Å². The van der Waals surface area contributed by atoms with Crippen LogP contribution in [0.15, 0.2) is 24.3 Å². The normalized spacial score (nSPS) is 18.1. The Balaban J connectivity index is 1.96. The van der Waals surface area contributed by atoms with E-state index in [-0.39, 0.29) is 5.91 Å². The lowest BCUT2D eigenvalue weighted by atomic mass is 10.2. The molecule has 1 amide bonds. The van der Waals surface area contributed by atoms with Crippen molar-refractivity contribution in [2.45, 2.75) is 19.6 Å². The first-order chi connectivity index (χ1) is 9.15. The highest BCUT2D eigenvalue weighted by Crippen LogP contribution is 2.35. The topological polar surface area (TPSA) is 55.3 Å². The molecule has 1 aromatic heterocycles. The first kappa shape index (κ1) is 12.4. The molecule has 0 N–H and O–H groups in total. The minimum absolute atomic E-state index is 0.0926. The predicted octanol–water partition coefficient (Wildman–Crippen LogP) is 2.51. The lowest BCUT2D eigenvalue weighted by Crippen LogP contribution is -2.43. The Labute approximate surface area is 118 Å². The Morgan fingerprint density at radius 1 is 1.42 bits per heavy atom. The van der Waals surface area contributed by atoms with E-state index in [2.05, 4.69) is 10.2 Å². The summed E-state index contributed by atoms with van der Waals surface area (Å²) in [6.07, 6.45) is -0.502. The fourth-order valence-electron chi connectivity index (χ4n) is 1.95. The number of hydrogen-bond acceptors (Lipinski definition) is 5. The second-order valence-electron chi connectivity index (χ2n) is 4.10. The molecule has 7 heteroatoms. The van der Waals surface area contributed by atoms with Crippen molar-refractivity contribution in [1.29, 1.82) is 0 Å². The molecule has 0 bridgehead atoms. The van der Waals surface area contributed by atoms with Crippen molar-refractivity contribution >= 4 is 34.5 Å². The first-order valence-corrected chi connectivity index (χ1v) is 6.89. The summed E-state index contributed by atoms with van der Waals surface area (Å²) < 4.78 is 5.94. The maximum absolute atomic E-state index is 12.2. The van der Waals surface area contributed by atoms with Crippen LogP contribution in [-0.4, -0.2) is 22.2 Å². The zero-order valence-corrected chi connectivity index (χ0v) is 11.6. The molecule has 0 saturated heterocycles. The molecule has 3 rings (SSSR count). The number of anilines is 1. The van der Waals surface area contributed by atoms with Gasteiger partial charge in [-0.1, -0.05) is 23.5 Å². The summed E-state index contributed by atoms with van der Waals surface area (Å²) in [7, 11) is 0. The molecule has 5 nitrogen and oxygen atoms in total. The van der Waals surface area contributed by atoms with Gasteiger partial charge < -0.3 is 4.74 Å². The summed E-state index contributed by atoms with van der Waals surface area (Å²) in [5.74, 6) is 0.607. The second kappa shape index (κ2) is 4.79. The maximum Gasteiger partial charge on any atom is 0.268 e. The quantitative estimate of drug-likeness (QED) is 0.854. The van der Waals surface area contributed by atoms with Crippen LogP contribution < -0.4 is 9.64 Å². The highest BCUT2D eigenvalue weighted by Gasteiger charge is 2.31. The molecule has 0 fully saturated rings. The van der Waals surface area contributed by atoms with Crippen LogP contribution in [0.4, 0.5) is 5.69 Å². The van der Waals surface area contributed by atoms with Crippen molar-refractivity contribution in [2.24, 2.45) is 0 Å². The largest absolute Gasteiger partial charge is 0.479 e. The number of rotatable bonds is 2. The summed E-state index contributed by atoms with van der Waals surface area (Å²) >= 11 is 7.03. The van der Waals surface area contributed by atoms with Gasteiger partial charge in [0.1, 0.15) is 10.8 Å². The van der Waals surface area contributed by atoms with Crippen LogP contribution in [0.5, 0.6) is 5.75 Å². The molecule has 2 aromatic rings. The summed E-state index contributed by atoms with van der Waals surface area (Å²) in [5, 5.41) is 8.39. The Morgan fingerprint density at radius 2 is 2.21 bits per heavy atom. The summed E-state index contributed by atoms with van der Waals surface area (Å²) in [6.45, 7) is 2.09. The van der Waals surface area contributed by atoms with E-state index in [1.807, 2.05) is 24.3 Å². The number of fused-ring (bicyclic) bond motifs is 1. The molecule has 1 atom stereocenters. The maximum atomic E-state index is 12.2. The molecule has 19 heavy (non-hydrogen) atoms. The van der Waals surface area contributed by atoms with Crippen molar-refractivity contribution in [1.82, 2.24) is 10.2 Å². The van der Waals surface area contributed by atoms with E-state index in [0.29, 0.717) is 21.8 Å². The number of ether oxygens (including phenoxy) is 1. The van der Waals surface area contributed by atoms with Crippen molar-refractivity contribution in [3.63, 3.8) is 0 Å². The van der Waals surface area contributed by atoms with Crippen molar-refractivity contribution in [2.75, 3.05) is 4.90 Å². The Kier molecular flexibility index (Phi) is 3.12. The molecular weight excluding hydrogens is 286 g/mol. The van der Waals surface area contributed by atoms with Crippen LogP contribution in [0.25, 0.3) is 0 Å². The number of halogens is 1. The predicted molar refractivity (Wildman–Crippen MR) is 72.6 cm³/mol. The molecular formula is C12H10ClN3O2S. The van der Waals surface area contributed by atoms with Crippen LogP contribution in [0, 0.1) is 0 Å². The number of aromatic nitrogens is 2. The van der Waals surface area contributed by atoms with E-state index in [1.165, 1.54) is 11.3 Å². The van der Waals surface area contributed by atoms with E-state index in [4.69, 9.17) is 16.3 Å². The molecule has 1 unspecified atom stereocenters. The molecule has 1 aliphatic rings. The lowest BCUT2D eigenvalue weighted by Gasteiger charge is -2.32. The van der Waals surface area contributed by atoms with Gasteiger partial charge in [0.05, 0.1) is 12.2 Å². The number of para-hydroxylation sites is 2. The fraction of sp³-hybridized carbons (Fsp3) is 0.250. The zero-order chi connectivity index (χ0) is 13.4. The molecule has 0 saturated carbocycles. The van der Waals surface area contributed by atoms with Gasteiger partial charge in [-0.25, -0.2) is 0 Å². The van der Waals surface area contributed by atoms with Crippen LogP contribution in [0.2, 0.25) is 4.47 Å². The molecule has 1 aliphatic heterocycles. The van der Waals surface area contributed by atoms with E-state index in [1.54, 1.807) is 11.8 Å². The highest BCUT2D eigenvalue weighted by atomic mass is 35.5. The second-order valence-corrected chi connectivity index (χ2v) is 5.75. The van der Waals surface area contributed by atoms with E-state index >= 15 is 0 Å².